The molecule has 94 valence electrons. The molecular weight excluding hydrogens is 208 g/mol. The lowest BCUT2D eigenvalue weighted by Gasteiger charge is -2.18. The second-order valence-corrected chi connectivity index (χ2v) is 3.74. The van der Waals surface area contributed by atoms with Gasteiger partial charge in [0, 0.05) is 5.57 Å². The van der Waals surface area contributed by atoms with Gasteiger partial charge in [-0.25, -0.2) is 0 Å². The zero-order valence-electron chi connectivity index (χ0n) is 9.87. The molecule has 0 aromatic carbocycles. The summed E-state index contributed by atoms with van der Waals surface area (Å²) in [6.45, 7) is 5.82. The molecule has 0 radical (unpaired) electrons. The summed E-state index contributed by atoms with van der Waals surface area (Å²) < 4.78 is 4.89. The maximum Gasteiger partial charge on any atom is 0.246 e. The van der Waals surface area contributed by atoms with Crippen LogP contribution in [0.4, 0.5) is 0 Å². The molecule has 0 aliphatic heterocycles. The highest BCUT2D eigenvalue weighted by Crippen LogP contribution is 2.02. The van der Waals surface area contributed by atoms with Crippen molar-refractivity contribution in [2.75, 3.05) is 19.9 Å². The van der Waals surface area contributed by atoms with Crippen molar-refractivity contribution < 1.29 is 14.6 Å². The zero-order valence-corrected chi connectivity index (χ0v) is 9.87. The fourth-order valence-corrected chi connectivity index (χ4v) is 1.24. The molecule has 0 saturated heterocycles. The Hall–Kier alpha value is -0.910. The molecule has 0 aromatic rings. The molecule has 0 heterocycles. The van der Waals surface area contributed by atoms with E-state index in [-0.39, 0.29) is 18.7 Å². The molecule has 4 N–H and O–H groups in total. The van der Waals surface area contributed by atoms with E-state index in [4.69, 9.17) is 15.6 Å². The summed E-state index contributed by atoms with van der Waals surface area (Å²) in [5.74, 6) is -0.181. The predicted molar refractivity (Wildman–Crippen MR) is 62.7 cm³/mol. The van der Waals surface area contributed by atoms with E-state index in [1.807, 2.05) is 0 Å². The SMILES string of the molecule is C=C(C)C(=O)NC(CCCCN)COCO. The van der Waals surface area contributed by atoms with E-state index in [0.29, 0.717) is 18.7 Å². The second-order valence-electron chi connectivity index (χ2n) is 3.74. The number of hydrogen-bond acceptors (Lipinski definition) is 4. The van der Waals surface area contributed by atoms with Gasteiger partial charge in [0.2, 0.25) is 5.91 Å². The highest BCUT2D eigenvalue weighted by molar-refractivity contribution is 5.92. The maximum absolute atomic E-state index is 11.4. The smallest absolute Gasteiger partial charge is 0.246 e. The number of ether oxygens (including phenoxy) is 1. The molecule has 0 saturated carbocycles. The van der Waals surface area contributed by atoms with E-state index in [0.717, 1.165) is 19.3 Å². The van der Waals surface area contributed by atoms with Crippen LogP contribution in [-0.4, -0.2) is 37.0 Å². The van der Waals surface area contributed by atoms with Gasteiger partial charge in [0.05, 0.1) is 12.6 Å². The third-order valence-electron chi connectivity index (χ3n) is 2.14. The quantitative estimate of drug-likeness (QED) is 0.299. The molecule has 0 aliphatic carbocycles. The Balaban J connectivity index is 3.98. The van der Waals surface area contributed by atoms with Gasteiger partial charge in [-0.1, -0.05) is 13.0 Å². The number of aliphatic hydroxyl groups excluding tert-OH is 1. The van der Waals surface area contributed by atoms with Gasteiger partial charge >= 0.3 is 0 Å². The van der Waals surface area contributed by atoms with Gasteiger partial charge in [0.1, 0.15) is 6.79 Å². The summed E-state index contributed by atoms with van der Waals surface area (Å²) in [4.78, 5) is 11.4. The Kier molecular flexibility index (Phi) is 8.80. The number of aliphatic hydroxyl groups is 1. The van der Waals surface area contributed by atoms with Gasteiger partial charge in [-0.05, 0) is 26.3 Å². The third-order valence-corrected chi connectivity index (χ3v) is 2.14. The zero-order chi connectivity index (χ0) is 12.4. The standard InChI is InChI=1S/C11H22N2O3/c1-9(2)11(15)13-10(7-16-8-14)5-3-4-6-12/h10,14H,1,3-8,12H2,2H3,(H,13,15). The second kappa shape index (κ2) is 9.33. The molecule has 1 atom stereocenters. The van der Waals surface area contributed by atoms with Crippen molar-refractivity contribution in [2.24, 2.45) is 5.73 Å². The summed E-state index contributed by atoms with van der Waals surface area (Å²) in [7, 11) is 0. The first-order valence-corrected chi connectivity index (χ1v) is 5.46. The molecule has 0 aliphatic rings. The number of nitrogens with one attached hydrogen (secondary N) is 1. The minimum atomic E-state index is -0.337. The van der Waals surface area contributed by atoms with Crippen molar-refractivity contribution in [3.05, 3.63) is 12.2 Å². The molecular formula is C11H22N2O3. The Labute approximate surface area is 96.7 Å². The molecule has 0 fully saturated rings. The predicted octanol–water partition coefficient (Wildman–Crippen LogP) is 0.143. The lowest BCUT2D eigenvalue weighted by Crippen LogP contribution is -2.38. The summed E-state index contributed by atoms with van der Waals surface area (Å²) in [5, 5.41) is 11.4. The van der Waals surface area contributed by atoms with Gasteiger partial charge in [-0.15, -0.1) is 0 Å². The van der Waals surface area contributed by atoms with E-state index in [1.54, 1.807) is 6.92 Å². The average molecular weight is 230 g/mol. The lowest BCUT2D eigenvalue weighted by molar-refractivity contribution is -0.119. The topological polar surface area (TPSA) is 84.6 Å². The first kappa shape index (κ1) is 15.1. The van der Waals surface area contributed by atoms with Crippen LogP contribution in [0.25, 0.3) is 0 Å². The fraction of sp³-hybridized carbons (Fsp3) is 0.727. The normalized spacial score (nSPS) is 12.2. The van der Waals surface area contributed by atoms with E-state index in [1.165, 1.54) is 0 Å². The number of nitrogens with two attached hydrogens (primary N) is 1. The van der Waals surface area contributed by atoms with Crippen molar-refractivity contribution in [3.63, 3.8) is 0 Å². The summed E-state index contributed by atoms with van der Waals surface area (Å²) in [6.07, 6.45) is 2.63. The largest absolute Gasteiger partial charge is 0.371 e. The van der Waals surface area contributed by atoms with Crippen molar-refractivity contribution in [2.45, 2.75) is 32.2 Å². The molecule has 1 amide bonds. The van der Waals surface area contributed by atoms with Gasteiger partial charge in [-0.2, -0.15) is 0 Å². The molecule has 5 nitrogen and oxygen atoms in total. The molecule has 0 aromatic heterocycles. The lowest BCUT2D eigenvalue weighted by atomic mass is 10.1. The van der Waals surface area contributed by atoms with Crippen LogP contribution in [0, 0.1) is 0 Å². The van der Waals surface area contributed by atoms with Crippen molar-refractivity contribution in [1.82, 2.24) is 5.32 Å². The van der Waals surface area contributed by atoms with E-state index < -0.39 is 0 Å². The van der Waals surface area contributed by atoms with E-state index in [9.17, 15) is 4.79 Å². The monoisotopic (exact) mass is 230 g/mol. The van der Waals surface area contributed by atoms with Crippen LogP contribution in [0.1, 0.15) is 26.2 Å². The number of hydrogen-bond donors (Lipinski definition) is 3. The summed E-state index contributed by atoms with van der Waals surface area (Å²) in [5.41, 5.74) is 5.86. The molecule has 16 heavy (non-hydrogen) atoms. The average Bonchev–Trinajstić information content (AvgIpc) is 2.25. The molecule has 0 spiro atoms. The Morgan fingerprint density at radius 2 is 2.25 bits per heavy atom. The Bertz CT molecular complexity index is 219. The van der Waals surface area contributed by atoms with Gasteiger partial charge in [0.15, 0.2) is 0 Å². The van der Waals surface area contributed by atoms with Crippen LogP contribution in [0.2, 0.25) is 0 Å². The highest BCUT2D eigenvalue weighted by Gasteiger charge is 2.12. The molecule has 1 unspecified atom stereocenters. The van der Waals surface area contributed by atoms with E-state index in [2.05, 4.69) is 11.9 Å². The Morgan fingerprint density at radius 1 is 1.56 bits per heavy atom. The first-order chi connectivity index (χ1) is 7.61. The van der Waals surface area contributed by atoms with Crippen LogP contribution >= 0.6 is 0 Å². The van der Waals surface area contributed by atoms with Crippen LogP contribution in [-0.2, 0) is 9.53 Å². The van der Waals surface area contributed by atoms with Gasteiger partial charge in [-0.3, -0.25) is 4.79 Å². The fourth-order valence-electron chi connectivity index (χ4n) is 1.24. The van der Waals surface area contributed by atoms with Gasteiger partial charge < -0.3 is 20.9 Å². The number of carbonyl (C=O) groups is 1. The number of amides is 1. The van der Waals surface area contributed by atoms with Crippen LogP contribution in [0.5, 0.6) is 0 Å². The maximum atomic E-state index is 11.4. The van der Waals surface area contributed by atoms with E-state index >= 15 is 0 Å². The van der Waals surface area contributed by atoms with Gasteiger partial charge in [0.25, 0.3) is 0 Å². The summed E-state index contributed by atoms with van der Waals surface area (Å²) in [6, 6.07) is -0.0945. The third kappa shape index (κ3) is 7.39. The van der Waals surface area contributed by atoms with Crippen LogP contribution in [0.15, 0.2) is 12.2 Å². The minimum absolute atomic E-state index is 0.0945. The van der Waals surface area contributed by atoms with Crippen LogP contribution < -0.4 is 11.1 Å². The molecule has 0 rings (SSSR count). The number of unbranched alkanes of at least 4 members (excludes halogenated alkanes) is 1. The summed E-state index contributed by atoms with van der Waals surface area (Å²) >= 11 is 0. The number of carbonyl (C=O) groups excluding carboxylic acids is 1. The minimum Gasteiger partial charge on any atom is -0.371 e. The molecule has 0 bridgehead atoms. The Morgan fingerprint density at radius 3 is 2.75 bits per heavy atom. The number of rotatable bonds is 9. The highest BCUT2D eigenvalue weighted by atomic mass is 16.6. The van der Waals surface area contributed by atoms with Crippen molar-refractivity contribution >= 4 is 5.91 Å². The molecule has 5 heteroatoms. The van der Waals surface area contributed by atoms with Crippen molar-refractivity contribution in [3.8, 4) is 0 Å². The first-order valence-electron chi connectivity index (χ1n) is 5.46. The van der Waals surface area contributed by atoms with Crippen LogP contribution in [0.3, 0.4) is 0 Å². The van der Waals surface area contributed by atoms with Crippen molar-refractivity contribution in [1.29, 1.82) is 0 Å².